The van der Waals surface area contributed by atoms with E-state index in [-0.39, 0.29) is 29.3 Å². The lowest BCUT2D eigenvalue weighted by Gasteiger charge is -2.21. The lowest BCUT2D eigenvalue weighted by Crippen LogP contribution is -2.25. The Morgan fingerprint density at radius 2 is 1.31 bits per heavy atom. The Morgan fingerprint density at radius 3 is 2.00 bits per heavy atom. The molecule has 5 rings (SSSR count). The van der Waals surface area contributed by atoms with Gasteiger partial charge in [0.25, 0.3) is 5.91 Å². The summed E-state index contributed by atoms with van der Waals surface area (Å²) in [7, 11) is 0. The summed E-state index contributed by atoms with van der Waals surface area (Å²) in [4.78, 5) is 38.3. The molecule has 0 aliphatic heterocycles. The number of hydrogen-bond acceptors (Lipinski definition) is 3. The van der Waals surface area contributed by atoms with E-state index in [1.165, 1.54) is 18.2 Å². The third-order valence-corrected chi connectivity index (χ3v) is 6.79. The van der Waals surface area contributed by atoms with E-state index in [4.69, 9.17) is 0 Å². The quantitative estimate of drug-likeness (QED) is 0.404. The Labute approximate surface area is 203 Å². The topological polar surface area (TPSA) is 87.3 Å². The first-order chi connectivity index (χ1) is 17.0. The highest BCUT2D eigenvalue weighted by atomic mass is 19.1. The molecule has 0 bridgehead atoms. The SMILES string of the molecule is O=C(Nc1ccc(F)c(NC(=O)C2CCCCC2)c1)c1cc2ccccc2cc1NC(=O)C1CC1. The molecule has 2 aliphatic rings. The standard InChI is InChI=1S/C28H28FN3O3/c29-23-13-12-21(16-25(23)32-26(33)17-6-2-1-3-7-17)30-28(35)22-14-19-8-4-5-9-20(19)15-24(22)31-27(34)18-10-11-18/h4-5,8-9,12-18H,1-3,6-7,10-11H2,(H,30,35)(H,31,34)(H,32,33). The van der Waals surface area contributed by atoms with Crippen LogP contribution in [-0.4, -0.2) is 17.7 Å². The molecule has 2 aliphatic carbocycles. The molecule has 2 fully saturated rings. The lowest BCUT2D eigenvalue weighted by atomic mass is 9.88. The summed E-state index contributed by atoms with van der Waals surface area (Å²) in [6.07, 6.45) is 6.45. The molecule has 6 nitrogen and oxygen atoms in total. The van der Waals surface area contributed by atoms with E-state index in [9.17, 15) is 18.8 Å². The number of halogens is 1. The third kappa shape index (κ3) is 5.34. The minimum atomic E-state index is -0.560. The van der Waals surface area contributed by atoms with Crippen molar-refractivity contribution in [2.75, 3.05) is 16.0 Å². The van der Waals surface area contributed by atoms with Crippen LogP contribution in [0.1, 0.15) is 55.3 Å². The molecule has 3 aromatic rings. The number of carbonyl (C=O) groups excluding carboxylic acids is 3. The summed E-state index contributed by atoms with van der Waals surface area (Å²) in [5, 5.41) is 10.2. The first-order valence-corrected chi connectivity index (χ1v) is 12.2. The van der Waals surface area contributed by atoms with Crippen molar-refractivity contribution in [2.24, 2.45) is 11.8 Å². The van der Waals surface area contributed by atoms with Crippen LogP contribution in [0.25, 0.3) is 10.8 Å². The maximum atomic E-state index is 14.4. The fourth-order valence-electron chi connectivity index (χ4n) is 4.61. The van der Waals surface area contributed by atoms with Gasteiger partial charge in [-0.1, -0.05) is 43.5 Å². The van der Waals surface area contributed by atoms with Crippen LogP contribution in [0.15, 0.2) is 54.6 Å². The van der Waals surface area contributed by atoms with Crippen molar-refractivity contribution in [3.05, 3.63) is 66.0 Å². The van der Waals surface area contributed by atoms with Gasteiger partial charge in [-0.15, -0.1) is 0 Å². The smallest absolute Gasteiger partial charge is 0.257 e. The maximum absolute atomic E-state index is 14.4. The fourth-order valence-corrected chi connectivity index (χ4v) is 4.61. The summed E-state index contributed by atoms with van der Waals surface area (Å²) in [6, 6.07) is 15.2. The normalized spacial score (nSPS) is 16.0. The summed E-state index contributed by atoms with van der Waals surface area (Å²) < 4.78 is 14.4. The number of fused-ring (bicyclic) bond motifs is 1. The molecule has 0 radical (unpaired) electrons. The highest BCUT2D eigenvalue weighted by molar-refractivity contribution is 6.13. The number of hydrogen-bond donors (Lipinski definition) is 3. The van der Waals surface area contributed by atoms with Crippen molar-refractivity contribution < 1.29 is 18.8 Å². The number of anilines is 3. The van der Waals surface area contributed by atoms with Crippen LogP contribution in [0.5, 0.6) is 0 Å². The van der Waals surface area contributed by atoms with Crippen LogP contribution in [0.3, 0.4) is 0 Å². The zero-order chi connectivity index (χ0) is 24.4. The van der Waals surface area contributed by atoms with Gasteiger partial charge in [-0.2, -0.15) is 0 Å². The van der Waals surface area contributed by atoms with Crippen LogP contribution in [0, 0.1) is 17.7 Å². The predicted octanol–water partition coefficient (Wildman–Crippen LogP) is 6.10. The van der Waals surface area contributed by atoms with Crippen LogP contribution >= 0.6 is 0 Å². The van der Waals surface area contributed by atoms with Crippen molar-refractivity contribution in [1.82, 2.24) is 0 Å². The summed E-state index contributed by atoms with van der Waals surface area (Å²) in [6.45, 7) is 0. The minimum Gasteiger partial charge on any atom is -0.325 e. The highest BCUT2D eigenvalue weighted by Crippen LogP contribution is 2.32. The zero-order valence-corrected chi connectivity index (χ0v) is 19.4. The number of nitrogens with one attached hydrogen (secondary N) is 3. The molecular formula is C28H28FN3O3. The van der Waals surface area contributed by atoms with Crippen LogP contribution in [0.2, 0.25) is 0 Å². The number of amides is 3. The van der Waals surface area contributed by atoms with E-state index in [1.807, 2.05) is 24.3 Å². The zero-order valence-electron chi connectivity index (χ0n) is 19.4. The van der Waals surface area contributed by atoms with Gasteiger partial charge in [-0.05, 0) is 66.8 Å². The van der Waals surface area contributed by atoms with Crippen LogP contribution < -0.4 is 16.0 Å². The minimum absolute atomic E-state index is 0.00943. The predicted molar refractivity (Wildman–Crippen MR) is 135 cm³/mol. The van der Waals surface area contributed by atoms with Gasteiger partial charge >= 0.3 is 0 Å². The highest BCUT2D eigenvalue weighted by Gasteiger charge is 2.30. The number of carbonyl (C=O) groups is 3. The van der Waals surface area contributed by atoms with Crippen LogP contribution in [0.4, 0.5) is 21.5 Å². The Hall–Kier alpha value is -3.74. The molecule has 3 N–H and O–H groups in total. The monoisotopic (exact) mass is 473 g/mol. The van der Waals surface area contributed by atoms with Crippen molar-refractivity contribution in [2.45, 2.75) is 44.9 Å². The average Bonchev–Trinajstić information content (AvgIpc) is 3.72. The van der Waals surface area contributed by atoms with Gasteiger partial charge in [-0.3, -0.25) is 14.4 Å². The Morgan fingerprint density at radius 1 is 0.686 bits per heavy atom. The van der Waals surface area contributed by atoms with Gasteiger partial charge in [0.05, 0.1) is 16.9 Å². The molecule has 0 spiro atoms. The summed E-state index contributed by atoms with van der Waals surface area (Å²) in [5.74, 6) is -1.40. The van der Waals surface area contributed by atoms with Crippen LogP contribution in [-0.2, 0) is 9.59 Å². The second-order valence-electron chi connectivity index (χ2n) is 9.48. The molecular weight excluding hydrogens is 445 g/mol. The maximum Gasteiger partial charge on any atom is 0.257 e. The molecule has 0 saturated heterocycles. The van der Waals surface area contributed by atoms with Gasteiger partial charge < -0.3 is 16.0 Å². The molecule has 35 heavy (non-hydrogen) atoms. The van der Waals surface area contributed by atoms with E-state index < -0.39 is 11.7 Å². The van der Waals surface area contributed by atoms with Gasteiger partial charge in [-0.25, -0.2) is 4.39 Å². The molecule has 0 aromatic heterocycles. The summed E-state index contributed by atoms with van der Waals surface area (Å²) >= 11 is 0. The van der Waals surface area contributed by atoms with Gasteiger partial charge in [0, 0.05) is 17.5 Å². The lowest BCUT2D eigenvalue weighted by molar-refractivity contribution is -0.120. The third-order valence-electron chi connectivity index (χ3n) is 6.79. The summed E-state index contributed by atoms with van der Waals surface area (Å²) in [5.41, 5.74) is 1.14. The molecule has 0 unspecified atom stereocenters. The number of benzene rings is 3. The van der Waals surface area contributed by atoms with E-state index in [0.29, 0.717) is 16.9 Å². The van der Waals surface area contributed by atoms with Gasteiger partial charge in [0.2, 0.25) is 11.8 Å². The van der Waals surface area contributed by atoms with E-state index in [2.05, 4.69) is 16.0 Å². The van der Waals surface area contributed by atoms with Gasteiger partial charge in [0.15, 0.2) is 0 Å². The number of rotatable bonds is 6. The molecule has 3 amide bonds. The Kier molecular flexibility index (Phi) is 6.49. The molecule has 0 heterocycles. The van der Waals surface area contributed by atoms with E-state index >= 15 is 0 Å². The second-order valence-corrected chi connectivity index (χ2v) is 9.48. The Balaban J connectivity index is 1.38. The fraction of sp³-hybridized carbons (Fsp3) is 0.321. The van der Waals surface area contributed by atoms with E-state index in [0.717, 1.165) is 55.7 Å². The molecule has 2 saturated carbocycles. The van der Waals surface area contributed by atoms with Gasteiger partial charge in [0.1, 0.15) is 5.82 Å². The average molecular weight is 474 g/mol. The van der Waals surface area contributed by atoms with Crippen molar-refractivity contribution in [1.29, 1.82) is 0 Å². The largest absolute Gasteiger partial charge is 0.325 e. The van der Waals surface area contributed by atoms with E-state index in [1.54, 1.807) is 12.1 Å². The van der Waals surface area contributed by atoms with Crippen molar-refractivity contribution in [3.63, 3.8) is 0 Å². The molecule has 7 heteroatoms. The Bertz CT molecular complexity index is 1300. The first kappa shape index (κ1) is 23.0. The second kappa shape index (κ2) is 9.86. The van der Waals surface area contributed by atoms with Crippen molar-refractivity contribution in [3.8, 4) is 0 Å². The first-order valence-electron chi connectivity index (χ1n) is 12.2. The molecule has 3 aromatic carbocycles. The van der Waals surface area contributed by atoms with Crippen molar-refractivity contribution >= 4 is 45.6 Å². The molecule has 180 valence electrons. The molecule has 0 atom stereocenters.